The lowest BCUT2D eigenvalue weighted by molar-refractivity contribution is 0.346. The van der Waals surface area contributed by atoms with E-state index >= 15 is 0 Å². The highest BCUT2D eigenvalue weighted by atomic mass is 16.5. The van der Waals surface area contributed by atoms with Crippen LogP contribution in [-0.4, -0.2) is 46.3 Å². The van der Waals surface area contributed by atoms with Crippen LogP contribution in [-0.2, 0) is 4.74 Å². The van der Waals surface area contributed by atoms with E-state index in [1.807, 2.05) is 76.2 Å². The second-order valence-electron chi connectivity index (χ2n) is 7.46. The Balaban J connectivity index is 0.000000861. The van der Waals surface area contributed by atoms with Crippen molar-refractivity contribution in [2.45, 2.75) is 27.7 Å². The van der Waals surface area contributed by atoms with Crippen molar-refractivity contribution in [3.8, 4) is 11.5 Å². The number of hydrogen-bond acceptors (Lipinski definition) is 9. The van der Waals surface area contributed by atoms with Gasteiger partial charge in [-0.05, 0) is 67.9 Å². The van der Waals surface area contributed by atoms with Crippen molar-refractivity contribution < 1.29 is 14.6 Å². The Labute approximate surface area is 211 Å². The summed E-state index contributed by atoms with van der Waals surface area (Å²) in [6, 6.07) is 16.2. The van der Waals surface area contributed by atoms with Gasteiger partial charge in [-0.1, -0.05) is 13.8 Å². The summed E-state index contributed by atoms with van der Waals surface area (Å²) in [5.74, 6) is 2.19. The molecule has 2 aromatic heterocycles. The largest absolute Gasteiger partial charge is 0.463 e. The van der Waals surface area contributed by atoms with Gasteiger partial charge in [0.2, 0.25) is 0 Å². The first-order chi connectivity index (χ1) is 17.6. The van der Waals surface area contributed by atoms with Crippen LogP contribution in [0.5, 0.6) is 11.5 Å². The molecule has 0 unspecified atom stereocenters. The second-order valence-corrected chi connectivity index (χ2v) is 7.46. The number of benzene rings is 2. The third-order valence-corrected chi connectivity index (χ3v) is 5.02. The molecule has 188 valence electrons. The number of amidine groups is 1. The van der Waals surface area contributed by atoms with Crippen LogP contribution >= 0.6 is 0 Å². The maximum Gasteiger partial charge on any atom is 0.289 e. The minimum absolute atomic E-state index is 0.533. The molecule has 9 nitrogen and oxygen atoms in total. The monoisotopic (exact) mass is 488 g/mol. The van der Waals surface area contributed by atoms with Gasteiger partial charge in [-0.3, -0.25) is 4.98 Å². The van der Waals surface area contributed by atoms with Crippen molar-refractivity contribution in [3.05, 3.63) is 72.3 Å². The van der Waals surface area contributed by atoms with Crippen LogP contribution in [0.25, 0.3) is 10.9 Å². The molecule has 5 rings (SSSR count). The number of aliphatic hydroxyl groups is 1. The van der Waals surface area contributed by atoms with Gasteiger partial charge in [-0.2, -0.15) is 0 Å². The molecule has 2 aromatic carbocycles. The summed E-state index contributed by atoms with van der Waals surface area (Å²) >= 11 is 0. The molecule has 4 aromatic rings. The van der Waals surface area contributed by atoms with Gasteiger partial charge in [0, 0.05) is 29.6 Å². The van der Waals surface area contributed by atoms with Gasteiger partial charge in [0.15, 0.2) is 0 Å². The zero-order valence-corrected chi connectivity index (χ0v) is 21.2. The highest BCUT2D eigenvalue weighted by Crippen LogP contribution is 2.30. The van der Waals surface area contributed by atoms with E-state index in [-0.39, 0.29) is 0 Å². The van der Waals surface area contributed by atoms with Crippen molar-refractivity contribution in [2.24, 2.45) is 4.99 Å². The van der Waals surface area contributed by atoms with Crippen molar-refractivity contribution in [2.75, 3.05) is 30.9 Å². The number of pyridine rings is 1. The number of nitrogens with one attached hydrogen (secondary N) is 2. The standard InChI is InChI=1S/C24H22N6O2.C2H6.CH4O/c1-15-11-17(5-8-22(15)32-19-6-3-16(2)26-13-19)29-23-20-12-18(30-24-25-9-10-31-24)4-7-21(20)27-14-28-23;2*1-2/h3-8,11-14H,9-10H2,1-2H3,(H,25,30)(H,27,28,29);1-2H3;2H,1H3. The molecule has 3 N–H and O–H groups in total. The third kappa shape index (κ3) is 6.67. The highest BCUT2D eigenvalue weighted by Gasteiger charge is 2.11. The van der Waals surface area contributed by atoms with E-state index in [9.17, 15) is 0 Å². The summed E-state index contributed by atoms with van der Waals surface area (Å²) < 4.78 is 11.4. The molecule has 0 bridgehead atoms. The summed E-state index contributed by atoms with van der Waals surface area (Å²) in [5, 5.41) is 14.5. The summed E-state index contributed by atoms with van der Waals surface area (Å²) in [5.41, 5.74) is 4.55. The van der Waals surface area contributed by atoms with E-state index in [0.29, 0.717) is 30.7 Å². The fraction of sp³-hybridized carbons (Fsp3) is 0.259. The number of ether oxygens (including phenoxy) is 2. The van der Waals surface area contributed by atoms with E-state index in [0.717, 1.165) is 46.4 Å². The molecule has 1 aliphatic rings. The molecule has 9 heteroatoms. The smallest absolute Gasteiger partial charge is 0.289 e. The lowest BCUT2D eigenvalue weighted by Gasteiger charge is -2.13. The first-order valence-electron chi connectivity index (χ1n) is 11.8. The van der Waals surface area contributed by atoms with E-state index in [1.165, 1.54) is 0 Å². The molecule has 0 atom stereocenters. The van der Waals surface area contributed by atoms with E-state index in [4.69, 9.17) is 14.6 Å². The Hall–Kier alpha value is -4.24. The molecular weight excluding hydrogens is 456 g/mol. The van der Waals surface area contributed by atoms with Crippen LogP contribution in [0.15, 0.2) is 66.0 Å². The molecule has 0 spiro atoms. The number of hydrogen-bond donors (Lipinski definition) is 3. The molecular formula is C27H32N6O3. The zero-order valence-electron chi connectivity index (χ0n) is 21.2. The minimum Gasteiger partial charge on any atom is -0.463 e. The Kier molecular flexibility index (Phi) is 9.53. The van der Waals surface area contributed by atoms with Crippen molar-refractivity contribution in [1.82, 2.24) is 15.0 Å². The minimum atomic E-state index is 0.533. The van der Waals surface area contributed by atoms with E-state index in [1.54, 1.807) is 12.5 Å². The van der Waals surface area contributed by atoms with Crippen molar-refractivity contribution in [1.29, 1.82) is 0 Å². The van der Waals surface area contributed by atoms with E-state index < -0.39 is 0 Å². The number of aryl methyl sites for hydroxylation is 2. The maximum absolute atomic E-state index is 7.00. The molecule has 3 heterocycles. The first kappa shape index (κ1) is 26.4. The molecule has 0 aliphatic carbocycles. The molecule has 0 radical (unpaired) electrons. The Bertz CT molecular complexity index is 1310. The Morgan fingerprint density at radius 3 is 2.36 bits per heavy atom. The van der Waals surface area contributed by atoms with Gasteiger partial charge < -0.3 is 25.2 Å². The Morgan fingerprint density at radius 1 is 0.889 bits per heavy atom. The van der Waals surface area contributed by atoms with Crippen molar-refractivity contribution in [3.63, 3.8) is 0 Å². The van der Waals surface area contributed by atoms with Gasteiger partial charge in [0.25, 0.3) is 6.02 Å². The lowest BCUT2D eigenvalue weighted by Crippen LogP contribution is -2.11. The zero-order chi connectivity index (χ0) is 25.9. The summed E-state index contributed by atoms with van der Waals surface area (Å²) in [7, 11) is 1.00. The summed E-state index contributed by atoms with van der Waals surface area (Å²) in [6.07, 6.45) is 3.28. The normalized spacial score (nSPS) is 11.8. The van der Waals surface area contributed by atoms with Crippen molar-refractivity contribution >= 4 is 34.1 Å². The predicted molar refractivity (Wildman–Crippen MR) is 144 cm³/mol. The second kappa shape index (κ2) is 13.0. The predicted octanol–water partition coefficient (Wildman–Crippen LogP) is 5.61. The fourth-order valence-corrected chi connectivity index (χ4v) is 3.39. The number of nitrogens with zero attached hydrogens (tertiary/aromatic N) is 4. The quantitative estimate of drug-likeness (QED) is 0.332. The van der Waals surface area contributed by atoms with Crippen LogP contribution in [0.1, 0.15) is 25.1 Å². The molecule has 0 saturated heterocycles. The van der Waals surface area contributed by atoms with Gasteiger partial charge in [0.05, 0.1) is 18.3 Å². The van der Waals surface area contributed by atoms with Crippen LogP contribution in [0.3, 0.4) is 0 Å². The number of aliphatic hydroxyl groups excluding tert-OH is 1. The highest BCUT2D eigenvalue weighted by molar-refractivity contribution is 5.97. The summed E-state index contributed by atoms with van der Waals surface area (Å²) in [6.45, 7) is 9.23. The Morgan fingerprint density at radius 2 is 1.67 bits per heavy atom. The lowest BCUT2D eigenvalue weighted by atomic mass is 10.1. The van der Waals surface area contributed by atoms with Gasteiger partial charge >= 0.3 is 0 Å². The number of aromatic nitrogens is 3. The van der Waals surface area contributed by atoms with Crippen LogP contribution in [0.2, 0.25) is 0 Å². The SMILES string of the molecule is CC.CO.Cc1ccc(Oc2ccc(Nc3ncnc4ccc(NC5=NCCO5)cc34)cc2C)cn1. The van der Waals surface area contributed by atoms with Gasteiger partial charge in [-0.25, -0.2) is 15.0 Å². The molecule has 1 aliphatic heterocycles. The topological polar surface area (TPSA) is 114 Å². The first-order valence-corrected chi connectivity index (χ1v) is 11.8. The average molecular weight is 489 g/mol. The number of fused-ring (bicyclic) bond motifs is 1. The third-order valence-electron chi connectivity index (χ3n) is 5.02. The van der Waals surface area contributed by atoms with Gasteiger partial charge in [-0.15, -0.1) is 0 Å². The fourth-order valence-electron chi connectivity index (χ4n) is 3.39. The molecule has 0 fully saturated rings. The van der Waals surface area contributed by atoms with Crippen LogP contribution in [0, 0.1) is 13.8 Å². The molecule has 0 saturated carbocycles. The molecule has 36 heavy (non-hydrogen) atoms. The number of aliphatic imine (C=N–C) groups is 1. The van der Waals surface area contributed by atoms with E-state index in [2.05, 4.69) is 30.6 Å². The van der Waals surface area contributed by atoms with Crippen LogP contribution in [0.4, 0.5) is 17.2 Å². The number of anilines is 3. The van der Waals surface area contributed by atoms with Crippen LogP contribution < -0.4 is 15.4 Å². The summed E-state index contributed by atoms with van der Waals surface area (Å²) in [4.78, 5) is 17.4. The number of rotatable bonds is 5. The average Bonchev–Trinajstić information content (AvgIpc) is 3.43. The molecule has 0 amide bonds. The maximum atomic E-state index is 7.00. The van der Waals surface area contributed by atoms with Gasteiger partial charge in [0.1, 0.15) is 30.3 Å².